The van der Waals surface area contributed by atoms with Crippen molar-refractivity contribution >= 4 is 34.0 Å². The Balaban J connectivity index is 1.74. The van der Waals surface area contributed by atoms with Gasteiger partial charge in [0.25, 0.3) is 0 Å². The van der Waals surface area contributed by atoms with Crippen LogP contribution in [0.2, 0.25) is 0 Å². The van der Waals surface area contributed by atoms with Gasteiger partial charge in [-0.2, -0.15) is 0 Å². The van der Waals surface area contributed by atoms with E-state index < -0.39 is 0 Å². The van der Waals surface area contributed by atoms with Crippen LogP contribution in [0.1, 0.15) is 17.5 Å². The first-order valence-corrected chi connectivity index (χ1v) is 7.87. The van der Waals surface area contributed by atoms with E-state index in [1.807, 2.05) is 32.0 Å². The van der Waals surface area contributed by atoms with Crippen LogP contribution in [-0.4, -0.2) is 28.6 Å². The van der Waals surface area contributed by atoms with Gasteiger partial charge in [0.2, 0.25) is 16.9 Å². The van der Waals surface area contributed by atoms with Crippen LogP contribution >= 0.6 is 11.3 Å². The highest BCUT2D eigenvalue weighted by Gasteiger charge is 2.35. The average molecular weight is 316 g/mol. The van der Waals surface area contributed by atoms with Gasteiger partial charge in [-0.25, -0.2) is 0 Å². The van der Waals surface area contributed by atoms with Crippen LogP contribution < -0.4 is 10.2 Å². The van der Waals surface area contributed by atoms with Gasteiger partial charge in [0.05, 0.1) is 5.92 Å². The van der Waals surface area contributed by atoms with Crippen LogP contribution in [0.3, 0.4) is 0 Å². The molecule has 2 aromatic rings. The molecular weight excluding hydrogens is 300 g/mol. The lowest BCUT2D eigenvalue weighted by Crippen LogP contribution is -2.28. The maximum Gasteiger partial charge on any atom is 0.231 e. The van der Waals surface area contributed by atoms with E-state index in [1.54, 1.807) is 10.4 Å². The van der Waals surface area contributed by atoms with E-state index in [-0.39, 0.29) is 24.2 Å². The van der Waals surface area contributed by atoms with Gasteiger partial charge in [-0.15, -0.1) is 10.2 Å². The molecule has 0 saturated carbocycles. The van der Waals surface area contributed by atoms with Gasteiger partial charge in [0, 0.05) is 18.7 Å². The Morgan fingerprint density at radius 3 is 2.91 bits per heavy atom. The Hall–Kier alpha value is -2.28. The number of aromatic nitrogens is 2. The Morgan fingerprint density at radius 2 is 2.23 bits per heavy atom. The fourth-order valence-electron chi connectivity index (χ4n) is 2.66. The molecule has 1 N–H and O–H groups in total. The maximum absolute atomic E-state index is 12.2. The number of hydrogen-bond donors (Lipinski definition) is 1. The minimum absolute atomic E-state index is 0.0237. The first-order chi connectivity index (χ1) is 10.5. The fraction of sp³-hybridized carbons (Fsp3) is 0.333. The molecule has 22 heavy (non-hydrogen) atoms. The lowest BCUT2D eigenvalue weighted by Gasteiger charge is -2.19. The van der Waals surface area contributed by atoms with E-state index in [9.17, 15) is 9.59 Å². The van der Waals surface area contributed by atoms with Crippen LogP contribution in [0.25, 0.3) is 0 Å². The molecule has 6 nitrogen and oxygen atoms in total. The molecule has 1 aromatic heterocycles. The van der Waals surface area contributed by atoms with Gasteiger partial charge in [0.1, 0.15) is 5.51 Å². The summed E-state index contributed by atoms with van der Waals surface area (Å²) in [6.45, 7) is 4.39. The third kappa shape index (κ3) is 2.85. The molecule has 7 heteroatoms. The quantitative estimate of drug-likeness (QED) is 0.941. The number of carbonyl (C=O) groups is 2. The van der Waals surface area contributed by atoms with Gasteiger partial charge >= 0.3 is 0 Å². The highest BCUT2D eigenvalue weighted by Crippen LogP contribution is 2.29. The number of carbonyl (C=O) groups excluding carboxylic acids is 2. The molecule has 0 radical (unpaired) electrons. The largest absolute Gasteiger partial charge is 0.311 e. The van der Waals surface area contributed by atoms with Gasteiger partial charge in [-0.1, -0.05) is 29.0 Å². The number of anilines is 2. The van der Waals surface area contributed by atoms with Crippen LogP contribution in [0.4, 0.5) is 10.8 Å². The number of aryl methyl sites for hydroxylation is 2. The zero-order valence-corrected chi connectivity index (χ0v) is 13.2. The molecule has 2 amide bonds. The third-order valence-electron chi connectivity index (χ3n) is 3.73. The zero-order chi connectivity index (χ0) is 15.7. The molecule has 2 heterocycles. The van der Waals surface area contributed by atoms with E-state index in [4.69, 9.17) is 0 Å². The summed E-state index contributed by atoms with van der Waals surface area (Å²) >= 11 is 1.26. The van der Waals surface area contributed by atoms with Gasteiger partial charge in [-0.05, 0) is 25.5 Å². The summed E-state index contributed by atoms with van der Waals surface area (Å²) in [5, 5.41) is 10.6. The Morgan fingerprint density at radius 1 is 1.41 bits per heavy atom. The van der Waals surface area contributed by atoms with E-state index in [1.165, 1.54) is 11.3 Å². The molecule has 1 aliphatic rings. The molecule has 1 atom stereocenters. The summed E-state index contributed by atoms with van der Waals surface area (Å²) in [6.07, 6.45) is 0.220. The Bertz CT molecular complexity index is 714. The van der Waals surface area contributed by atoms with Crippen LogP contribution in [0.15, 0.2) is 23.7 Å². The number of rotatable bonds is 3. The van der Waals surface area contributed by atoms with Crippen molar-refractivity contribution < 1.29 is 9.59 Å². The maximum atomic E-state index is 12.2. The highest BCUT2D eigenvalue weighted by atomic mass is 32.1. The topological polar surface area (TPSA) is 75.2 Å². The molecule has 0 spiro atoms. The molecular formula is C15H16N4O2S. The molecule has 0 aliphatic carbocycles. The number of amides is 2. The molecule has 1 saturated heterocycles. The summed E-state index contributed by atoms with van der Waals surface area (Å²) in [5.41, 5.74) is 4.62. The molecule has 0 unspecified atom stereocenters. The molecule has 1 fully saturated rings. The number of nitrogens with zero attached hydrogens (tertiary/aromatic N) is 3. The van der Waals surface area contributed by atoms with Crippen molar-refractivity contribution in [2.45, 2.75) is 20.3 Å². The Kier molecular flexibility index (Phi) is 3.89. The predicted octanol–water partition coefficient (Wildman–Crippen LogP) is 2.15. The first kappa shape index (κ1) is 14.6. The van der Waals surface area contributed by atoms with E-state index in [0.717, 1.165) is 16.8 Å². The second-order valence-electron chi connectivity index (χ2n) is 5.43. The molecule has 0 bridgehead atoms. The van der Waals surface area contributed by atoms with Gasteiger partial charge < -0.3 is 10.2 Å². The van der Waals surface area contributed by atoms with Crippen molar-refractivity contribution in [2.24, 2.45) is 5.92 Å². The highest BCUT2D eigenvalue weighted by molar-refractivity contribution is 7.13. The van der Waals surface area contributed by atoms with Crippen LogP contribution in [0, 0.1) is 19.8 Å². The zero-order valence-electron chi connectivity index (χ0n) is 12.4. The fourth-order valence-corrected chi connectivity index (χ4v) is 3.11. The van der Waals surface area contributed by atoms with Crippen molar-refractivity contribution in [3.05, 3.63) is 34.8 Å². The summed E-state index contributed by atoms with van der Waals surface area (Å²) < 4.78 is 0. The molecule has 3 rings (SSSR count). The molecule has 1 aliphatic heterocycles. The second kappa shape index (κ2) is 5.84. The Labute approximate surface area is 132 Å². The van der Waals surface area contributed by atoms with Crippen molar-refractivity contribution in [1.29, 1.82) is 0 Å². The van der Waals surface area contributed by atoms with Crippen molar-refractivity contribution in [1.82, 2.24) is 10.2 Å². The van der Waals surface area contributed by atoms with Crippen molar-refractivity contribution in [2.75, 3.05) is 16.8 Å². The number of nitrogens with one attached hydrogen (secondary N) is 1. The standard InChI is InChI=1S/C15H16N4O2S/c1-9-3-4-12(10(2)5-9)19-7-11(6-13(19)20)14(21)17-15-18-16-8-22-15/h3-5,8,11H,6-7H2,1-2H3,(H,17,18,21)/t11-/m1/s1. The first-order valence-electron chi connectivity index (χ1n) is 6.99. The summed E-state index contributed by atoms with van der Waals surface area (Å²) in [7, 11) is 0. The predicted molar refractivity (Wildman–Crippen MR) is 84.9 cm³/mol. The minimum atomic E-state index is -0.364. The molecule has 1 aromatic carbocycles. The smallest absolute Gasteiger partial charge is 0.231 e. The molecule has 114 valence electrons. The lowest BCUT2D eigenvalue weighted by atomic mass is 10.1. The second-order valence-corrected chi connectivity index (χ2v) is 6.26. The summed E-state index contributed by atoms with van der Waals surface area (Å²) in [4.78, 5) is 26.2. The normalized spacial score (nSPS) is 17.8. The summed E-state index contributed by atoms with van der Waals surface area (Å²) in [5.74, 6) is -0.571. The van der Waals surface area contributed by atoms with Crippen LogP contribution in [-0.2, 0) is 9.59 Å². The number of benzene rings is 1. The SMILES string of the molecule is Cc1ccc(N2C[C@H](C(=O)Nc3nncs3)CC2=O)c(C)c1. The van der Waals surface area contributed by atoms with E-state index >= 15 is 0 Å². The average Bonchev–Trinajstić information content (AvgIpc) is 3.09. The minimum Gasteiger partial charge on any atom is -0.311 e. The van der Waals surface area contributed by atoms with E-state index in [0.29, 0.717) is 11.7 Å². The summed E-state index contributed by atoms with van der Waals surface area (Å²) in [6, 6.07) is 5.95. The van der Waals surface area contributed by atoms with Gasteiger partial charge in [0.15, 0.2) is 0 Å². The lowest BCUT2D eigenvalue weighted by molar-refractivity contribution is -0.122. The van der Waals surface area contributed by atoms with Crippen molar-refractivity contribution in [3.63, 3.8) is 0 Å². The monoisotopic (exact) mass is 316 g/mol. The van der Waals surface area contributed by atoms with Crippen molar-refractivity contribution in [3.8, 4) is 0 Å². The third-order valence-corrected chi connectivity index (χ3v) is 4.34. The number of hydrogen-bond acceptors (Lipinski definition) is 5. The van der Waals surface area contributed by atoms with Gasteiger partial charge in [-0.3, -0.25) is 9.59 Å². The van der Waals surface area contributed by atoms with E-state index in [2.05, 4.69) is 15.5 Å². The van der Waals surface area contributed by atoms with Crippen LogP contribution in [0.5, 0.6) is 0 Å².